The lowest BCUT2D eigenvalue weighted by molar-refractivity contribution is -0.135. The van der Waals surface area contributed by atoms with Crippen molar-refractivity contribution in [3.8, 4) is 5.75 Å². The standard InChI is InChI=1S/C28H35N3O4/c1-3-25(27(32)29-30-13-15-34-16-14-30)35-23-10-9-20-11-12-31(28(33)21-7-8-21)26(24(20)18-23)22-6-4-5-19(2)17-22/h4-6,9-10,17-18,21,25-26H,3,7-8,11-16H2,1-2H3,(H,29,32). The van der Waals surface area contributed by atoms with Crippen LogP contribution in [0, 0.1) is 12.8 Å². The Morgan fingerprint density at radius 1 is 1.11 bits per heavy atom. The number of benzene rings is 2. The molecule has 2 atom stereocenters. The van der Waals surface area contributed by atoms with Crippen molar-refractivity contribution in [1.29, 1.82) is 0 Å². The highest BCUT2D eigenvalue weighted by Gasteiger charge is 2.39. The number of hydrogen-bond donors (Lipinski definition) is 1. The van der Waals surface area contributed by atoms with Crippen molar-refractivity contribution < 1.29 is 19.1 Å². The Morgan fingerprint density at radius 2 is 1.91 bits per heavy atom. The molecule has 1 N–H and O–H groups in total. The summed E-state index contributed by atoms with van der Waals surface area (Å²) in [6.45, 7) is 7.32. The first-order chi connectivity index (χ1) is 17.0. The fourth-order valence-electron chi connectivity index (χ4n) is 5.06. The minimum atomic E-state index is -0.596. The number of nitrogens with one attached hydrogen (secondary N) is 1. The molecule has 2 aromatic rings. The summed E-state index contributed by atoms with van der Waals surface area (Å²) in [4.78, 5) is 28.2. The number of fused-ring (bicyclic) bond motifs is 1. The van der Waals surface area contributed by atoms with E-state index in [9.17, 15) is 9.59 Å². The van der Waals surface area contributed by atoms with Crippen LogP contribution in [0.25, 0.3) is 0 Å². The molecule has 2 aromatic carbocycles. The van der Waals surface area contributed by atoms with Gasteiger partial charge in [0.1, 0.15) is 5.75 Å². The summed E-state index contributed by atoms with van der Waals surface area (Å²) < 4.78 is 11.6. The number of aryl methyl sites for hydroxylation is 1. The van der Waals surface area contributed by atoms with Crippen LogP contribution < -0.4 is 10.2 Å². The van der Waals surface area contributed by atoms with Gasteiger partial charge < -0.3 is 14.4 Å². The van der Waals surface area contributed by atoms with Gasteiger partial charge in [0.2, 0.25) is 5.91 Å². The first-order valence-corrected chi connectivity index (χ1v) is 12.8. The molecule has 2 aliphatic heterocycles. The summed E-state index contributed by atoms with van der Waals surface area (Å²) >= 11 is 0. The third-order valence-corrected chi connectivity index (χ3v) is 7.13. The predicted octanol–water partition coefficient (Wildman–Crippen LogP) is 3.40. The largest absolute Gasteiger partial charge is 0.481 e. The van der Waals surface area contributed by atoms with Crippen LogP contribution in [-0.2, 0) is 20.7 Å². The van der Waals surface area contributed by atoms with E-state index in [1.807, 2.05) is 24.1 Å². The van der Waals surface area contributed by atoms with Gasteiger partial charge in [-0.05, 0) is 61.4 Å². The zero-order valence-electron chi connectivity index (χ0n) is 20.7. The van der Waals surface area contributed by atoms with Crippen molar-refractivity contribution in [2.75, 3.05) is 32.8 Å². The number of carbonyl (C=O) groups is 2. The number of morpholine rings is 1. The maximum absolute atomic E-state index is 13.3. The van der Waals surface area contributed by atoms with Crippen molar-refractivity contribution in [2.24, 2.45) is 5.92 Å². The van der Waals surface area contributed by atoms with Crippen LogP contribution in [-0.4, -0.2) is 60.7 Å². The number of amides is 2. The van der Waals surface area contributed by atoms with Crippen LogP contribution in [0.5, 0.6) is 5.75 Å². The Labute approximate surface area is 207 Å². The van der Waals surface area contributed by atoms with Crippen LogP contribution in [0.15, 0.2) is 42.5 Å². The van der Waals surface area contributed by atoms with Gasteiger partial charge >= 0.3 is 0 Å². The van der Waals surface area contributed by atoms with Crippen molar-refractivity contribution in [1.82, 2.24) is 15.3 Å². The first kappa shape index (κ1) is 23.8. The molecule has 3 aliphatic rings. The fourth-order valence-corrected chi connectivity index (χ4v) is 5.06. The van der Waals surface area contributed by atoms with Gasteiger partial charge in [-0.2, -0.15) is 0 Å². The monoisotopic (exact) mass is 477 g/mol. The molecule has 2 amide bonds. The molecular weight excluding hydrogens is 442 g/mol. The molecule has 2 unspecified atom stereocenters. The molecule has 7 nitrogen and oxygen atoms in total. The quantitative estimate of drug-likeness (QED) is 0.662. The molecule has 0 spiro atoms. The third kappa shape index (κ3) is 5.36. The lowest BCUT2D eigenvalue weighted by Gasteiger charge is -2.38. The number of hydrogen-bond acceptors (Lipinski definition) is 5. The zero-order valence-corrected chi connectivity index (χ0v) is 20.7. The summed E-state index contributed by atoms with van der Waals surface area (Å²) in [5, 5.41) is 1.89. The van der Waals surface area contributed by atoms with Crippen LogP contribution in [0.4, 0.5) is 0 Å². The fraction of sp³-hybridized carbons (Fsp3) is 0.500. The lowest BCUT2D eigenvalue weighted by Crippen LogP contribution is -2.52. The highest BCUT2D eigenvalue weighted by atomic mass is 16.5. The maximum atomic E-state index is 13.3. The molecular formula is C28H35N3O4. The summed E-state index contributed by atoms with van der Waals surface area (Å²) in [5.74, 6) is 0.931. The van der Waals surface area contributed by atoms with E-state index in [2.05, 4.69) is 47.6 Å². The predicted molar refractivity (Wildman–Crippen MR) is 133 cm³/mol. The van der Waals surface area contributed by atoms with E-state index in [0.29, 0.717) is 38.5 Å². The summed E-state index contributed by atoms with van der Waals surface area (Å²) in [6, 6.07) is 14.4. The number of carbonyl (C=O) groups excluding carboxylic acids is 2. The Kier molecular flexibility index (Phi) is 7.07. The molecule has 0 aromatic heterocycles. The molecule has 0 bridgehead atoms. The van der Waals surface area contributed by atoms with Crippen molar-refractivity contribution in [3.63, 3.8) is 0 Å². The van der Waals surface area contributed by atoms with Gasteiger partial charge in [-0.3, -0.25) is 15.0 Å². The molecule has 1 aliphatic carbocycles. The molecule has 1 saturated carbocycles. The second kappa shape index (κ2) is 10.4. The second-order valence-corrected chi connectivity index (χ2v) is 9.82. The number of rotatable bonds is 7. The molecule has 1 saturated heterocycles. The van der Waals surface area contributed by atoms with Crippen molar-refractivity contribution >= 4 is 11.8 Å². The van der Waals surface area contributed by atoms with Gasteiger partial charge in [0.15, 0.2) is 6.10 Å². The average Bonchev–Trinajstić information content (AvgIpc) is 3.72. The molecule has 35 heavy (non-hydrogen) atoms. The smallest absolute Gasteiger partial charge is 0.275 e. The van der Waals surface area contributed by atoms with E-state index in [1.165, 1.54) is 11.1 Å². The zero-order chi connectivity index (χ0) is 24.4. The Morgan fingerprint density at radius 3 is 2.63 bits per heavy atom. The van der Waals surface area contributed by atoms with E-state index < -0.39 is 6.10 Å². The number of ether oxygens (including phenoxy) is 2. The summed E-state index contributed by atoms with van der Waals surface area (Å²) in [6.07, 6.45) is 2.76. The lowest BCUT2D eigenvalue weighted by atomic mass is 9.87. The van der Waals surface area contributed by atoms with Gasteiger partial charge in [0, 0.05) is 25.6 Å². The van der Waals surface area contributed by atoms with Crippen molar-refractivity contribution in [3.05, 3.63) is 64.7 Å². The van der Waals surface area contributed by atoms with E-state index in [0.717, 1.165) is 36.9 Å². The molecule has 2 fully saturated rings. The van der Waals surface area contributed by atoms with Gasteiger partial charge in [-0.15, -0.1) is 0 Å². The Balaban J connectivity index is 1.41. The van der Waals surface area contributed by atoms with Gasteiger partial charge in [0.05, 0.1) is 19.3 Å². The highest BCUT2D eigenvalue weighted by Crippen LogP contribution is 2.41. The normalized spacial score (nSPS) is 21.2. The SMILES string of the molecule is CCC(Oc1ccc2c(c1)C(c1cccc(C)c1)N(C(=O)C1CC1)CC2)C(=O)NN1CCOCC1. The van der Waals surface area contributed by atoms with Gasteiger partial charge in [0.25, 0.3) is 5.91 Å². The molecule has 0 radical (unpaired) electrons. The van der Waals surface area contributed by atoms with Crippen molar-refractivity contribution in [2.45, 2.75) is 51.7 Å². The van der Waals surface area contributed by atoms with Crippen LogP contribution >= 0.6 is 0 Å². The van der Waals surface area contributed by atoms with Crippen LogP contribution in [0.3, 0.4) is 0 Å². The van der Waals surface area contributed by atoms with Gasteiger partial charge in [-0.1, -0.05) is 42.8 Å². The van der Waals surface area contributed by atoms with E-state index >= 15 is 0 Å². The topological polar surface area (TPSA) is 71.1 Å². The Bertz CT molecular complexity index is 1080. The highest BCUT2D eigenvalue weighted by molar-refractivity contribution is 5.82. The number of hydrazine groups is 1. The minimum Gasteiger partial charge on any atom is -0.481 e. The number of nitrogens with zero attached hydrogens (tertiary/aromatic N) is 2. The maximum Gasteiger partial charge on any atom is 0.275 e. The summed E-state index contributed by atoms with van der Waals surface area (Å²) in [5.41, 5.74) is 7.59. The molecule has 5 rings (SSSR count). The Hall–Kier alpha value is -2.90. The van der Waals surface area contributed by atoms with E-state index in [4.69, 9.17) is 9.47 Å². The van der Waals surface area contributed by atoms with Crippen LogP contribution in [0.2, 0.25) is 0 Å². The minimum absolute atomic E-state index is 0.141. The second-order valence-electron chi connectivity index (χ2n) is 9.82. The van der Waals surface area contributed by atoms with Gasteiger partial charge in [-0.25, -0.2) is 5.01 Å². The first-order valence-electron chi connectivity index (χ1n) is 12.8. The third-order valence-electron chi connectivity index (χ3n) is 7.13. The summed E-state index contributed by atoms with van der Waals surface area (Å²) in [7, 11) is 0. The molecule has 186 valence electrons. The molecule has 2 heterocycles. The van der Waals surface area contributed by atoms with E-state index in [-0.39, 0.29) is 23.8 Å². The van der Waals surface area contributed by atoms with E-state index in [1.54, 1.807) is 0 Å². The molecule has 7 heteroatoms. The van der Waals surface area contributed by atoms with Crippen LogP contribution in [0.1, 0.15) is 54.5 Å². The average molecular weight is 478 g/mol.